The van der Waals surface area contributed by atoms with Crippen LogP contribution in [0.25, 0.3) is 0 Å². The van der Waals surface area contributed by atoms with Gasteiger partial charge < -0.3 is 10.6 Å². The minimum absolute atomic E-state index is 0.137. The van der Waals surface area contributed by atoms with Gasteiger partial charge >= 0.3 is 5.70 Å². The van der Waals surface area contributed by atoms with Crippen LogP contribution in [0, 0.1) is 10.1 Å². The van der Waals surface area contributed by atoms with Crippen molar-refractivity contribution in [1.29, 1.82) is 0 Å². The Bertz CT molecular complexity index is 212. The Labute approximate surface area is 69.8 Å². The molecule has 0 amide bonds. The van der Waals surface area contributed by atoms with E-state index in [4.69, 9.17) is 0 Å². The summed E-state index contributed by atoms with van der Waals surface area (Å²) < 4.78 is 0. The summed E-state index contributed by atoms with van der Waals surface area (Å²) >= 11 is 0. The Balaban J connectivity index is 4.73. The lowest BCUT2D eigenvalue weighted by Gasteiger charge is -2.05. The molecule has 0 aromatic heterocycles. The highest BCUT2D eigenvalue weighted by Gasteiger charge is 2.15. The zero-order valence-corrected chi connectivity index (χ0v) is 6.96. The average Bonchev–Trinajstić information content (AvgIpc) is 2.03. The molecule has 0 aliphatic rings. The van der Waals surface area contributed by atoms with Crippen LogP contribution in [-0.2, 0) is 4.79 Å². The van der Waals surface area contributed by atoms with Gasteiger partial charge in [0.05, 0.1) is 4.92 Å². The number of allylic oxidation sites excluding steroid dienone is 1. The molecule has 0 atom stereocenters. The summed E-state index contributed by atoms with van der Waals surface area (Å²) in [4.78, 5) is 19.7. The smallest absolute Gasteiger partial charge is 0.348 e. The van der Waals surface area contributed by atoms with Crippen molar-refractivity contribution in [3.8, 4) is 0 Å². The molecule has 0 aliphatic carbocycles. The first-order valence-electron chi connectivity index (χ1n) is 3.42. The second-order valence-electron chi connectivity index (χ2n) is 1.92. The summed E-state index contributed by atoms with van der Waals surface area (Å²) in [6.07, 6.45) is 0.203. The lowest BCUT2D eigenvalue weighted by Crippen LogP contribution is -2.27. The van der Waals surface area contributed by atoms with Crippen molar-refractivity contribution in [2.45, 2.75) is 6.92 Å². The first-order chi connectivity index (χ1) is 5.67. The fraction of sp³-hybridized carbons (Fsp3) is 0.500. The number of nitro groups is 1. The van der Waals surface area contributed by atoms with E-state index in [0.717, 1.165) is 0 Å². The molecule has 0 bridgehead atoms. The Morgan fingerprint density at radius 3 is 2.50 bits per heavy atom. The van der Waals surface area contributed by atoms with Crippen molar-refractivity contribution in [1.82, 2.24) is 10.6 Å². The summed E-state index contributed by atoms with van der Waals surface area (Å²) in [7, 11) is 1.50. The molecule has 12 heavy (non-hydrogen) atoms. The van der Waals surface area contributed by atoms with Gasteiger partial charge in [-0.1, -0.05) is 0 Å². The molecule has 6 nitrogen and oxygen atoms in total. The van der Waals surface area contributed by atoms with Crippen molar-refractivity contribution < 1.29 is 9.72 Å². The van der Waals surface area contributed by atoms with Gasteiger partial charge in [-0.15, -0.1) is 0 Å². The SMILES string of the molecule is CCN/C(NC)=C(/C=O)[N+](=O)[O-]. The Morgan fingerprint density at radius 1 is 1.67 bits per heavy atom. The van der Waals surface area contributed by atoms with Gasteiger partial charge in [0.2, 0.25) is 6.29 Å². The summed E-state index contributed by atoms with van der Waals surface area (Å²) in [5.74, 6) is 0.137. The van der Waals surface area contributed by atoms with Gasteiger partial charge in [-0.3, -0.25) is 14.9 Å². The van der Waals surface area contributed by atoms with Gasteiger partial charge in [-0.2, -0.15) is 0 Å². The summed E-state index contributed by atoms with van der Waals surface area (Å²) in [6.45, 7) is 2.29. The van der Waals surface area contributed by atoms with Crippen LogP contribution in [0.1, 0.15) is 6.92 Å². The van der Waals surface area contributed by atoms with Crippen molar-refractivity contribution in [3.63, 3.8) is 0 Å². The van der Waals surface area contributed by atoms with Gasteiger partial charge in [-0.05, 0) is 6.92 Å². The van der Waals surface area contributed by atoms with E-state index in [-0.39, 0.29) is 12.1 Å². The van der Waals surface area contributed by atoms with Crippen LogP contribution in [0.3, 0.4) is 0 Å². The highest BCUT2D eigenvalue weighted by Crippen LogP contribution is 1.94. The lowest BCUT2D eigenvalue weighted by atomic mass is 10.4. The molecule has 6 heteroatoms. The number of rotatable bonds is 5. The topological polar surface area (TPSA) is 84.3 Å². The molecule has 0 unspecified atom stereocenters. The summed E-state index contributed by atoms with van der Waals surface area (Å²) in [5, 5.41) is 15.4. The first kappa shape index (κ1) is 10.4. The van der Waals surface area contributed by atoms with Crippen molar-refractivity contribution in [3.05, 3.63) is 21.6 Å². The molecule has 0 spiro atoms. The van der Waals surface area contributed by atoms with Crippen molar-refractivity contribution >= 4 is 6.29 Å². The number of nitrogens with zero attached hydrogens (tertiary/aromatic N) is 1. The quantitative estimate of drug-likeness (QED) is 0.252. The largest absolute Gasteiger partial charge is 0.369 e. The third-order valence-electron chi connectivity index (χ3n) is 1.17. The molecule has 0 rings (SSSR count). The highest BCUT2D eigenvalue weighted by atomic mass is 16.6. The van der Waals surface area contributed by atoms with E-state index in [9.17, 15) is 14.9 Å². The van der Waals surface area contributed by atoms with Crippen LogP contribution in [0.15, 0.2) is 11.5 Å². The van der Waals surface area contributed by atoms with Gasteiger partial charge in [0.25, 0.3) is 0 Å². The molecule has 68 valence electrons. The molecule has 0 radical (unpaired) electrons. The van der Waals surface area contributed by atoms with E-state index >= 15 is 0 Å². The van der Waals surface area contributed by atoms with E-state index < -0.39 is 10.6 Å². The molecule has 0 aliphatic heterocycles. The number of hydrogen-bond donors (Lipinski definition) is 2. The third kappa shape index (κ3) is 2.57. The number of carbonyl (C=O) groups excluding carboxylic acids is 1. The molecular weight excluding hydrogens is 162 g/mol. The molecule has 0 saturated carbocycles. The first-order valence-corrected chi connectivity index (χ1v) is 3.42. The van der Waals surface area contributed by atoms with Crippen LogP contribution in [0.2, 0.25) is 0 Å². The zero-order valence-electron chi connectivity index (χ0n) is 6.96. The van der Waals surface area contributed by atoms with Crippen LogP contribution < -0.4 is 10.6 Å². The Morgan fingerprint density at radius 2 is 2.25 bits per heavy atom. The molecule has 0 fully saturated rings. The number of nitrogens with one attached hydrogen (secondary N) is 2. The maximum Gasteiger partial charge on any atom is 0.348 e. The van der Waals surface area contributed by atoms with Crippen LogP contribution in [0.5, 0.6) is 0 Å². The monoisotopic (exact) mass is 173 g/mol. The number of carbonyl (C=O) groups is 1. The Hall–Kier alpha value is -1.59. The molecule has 0 saturated heterocycles. The summed E-state index contributed by atoms with van der Waals surface area (Å²) in [5.41, 5.74) is -0.487. The maximum atomic E-state index is 10.2. The van der Waals surface area contributed by atoms with E-state index in [0.29, 0.717) is 6.54 Å². The Kier molecular flexibility index (Phi) is 4.43. The third-order valence-corrected chi connectivity index (χ3v) is 1.17. The average molecular weight is 173 g/mol. The fourth-order valence-corrected chi connectivity index (χ4v) is 0.677. The normalized spacial score (nSPS) is 11.5. The molecule has 0 aromatic rings. The number of hydrogen-bond acceptors (Lipinski definition) is 5. The summed E-state index contributed by atoms with van der Waals surface area (Å²) in [6, 6.07) is 0. The predicted octanol–water partition coefficient (Wildman–Crippen LogP) is -0.540. The second-order valence-corrected chi connectivity index (χ2v) is 1.92. The van der Waals surface area contributed by atoms with E-state index in [1.165, 1.54) is 7.05 Å². The van der Waals surface area contributed by atoms with E-state index in [1.54, 1.807) is 6.92 Å². The second kappa shape index (κ2) is 5.11. The molecular formula is C6H11N3O3. The fourth-order valence-electron chi connectivity index (χ4n) is 0.677. The van der Waals surface area contributed by atoms with Gasteiger partial charge in [-0.25, -0.2) is 0 Å². The van der Waals surface area contributed by atoms with Gasteiger partial charge in [0.1, 0.15) is 0 Å². The van der Waals surface area contributed by atoms with Gasteiger partial charge in [0.15, 0.2) is 5.82 Å². The predicted molar refractivity (Wildman–Crippen MR) is 42.8 cm³/mol. The zero-order chi connectivity index (χ0) is 9.56. The van der Waals surface area contributed by atoms with Crippen LogP contribution >= 0.6 is 0 Å². The van der Waals surface area contributed by atoms with Crippen LogP contribution in [0.4, 0.5) is 0 Å². The standard InChI is InChI=1S/C6H11N3O3/c1-3-8-6(7-2)5(4-10)9(11)12/h4,7-8H,3H2,1-2H3/b6-5-. The number of aldehydes is 1. The van der Waals surface area contributed by atoms with Crippen LogP contribution in [-0.4, -0.2) is 24.8 Å². The van der Waals surface area contributed by atoms with E-state index in [1.807, 2.05) is 0 Å². The minimum atomic E-state index is -0.735. The van der Waals surface area contributed by atoms with Crippen molar-refractivity contribution in [2.24, 2.45) is 0 Å². The highest BCUT2D eigenvalue weighted by molar-refractivity contribution is 5.70. The maximum absolute atomic E-state index is 10.2. The molecule has 0 heterocycles. The van der Waals surface area contributed by atoms with E-state index in [2.05, 4.69) is 10.6 Å². The molecule has 0 aromatic carbocycles. The van der Waals surface area contributed by atoms with Gasteiger partial charge in [0, 0.05) is 13.6 Å². The van der Waals surface area contributed by atoms with Crippen molar-refractivity contribution in [2.75, 3.05) is 13.6 Å². The minimum Gasteiger partial charge on any atom is -0.369 e. The lowest BCUT2D eigenvalue weighted by molar-refractivity contribution is -0.419. The molecule has 2 N–H and O–H groups in total.